The Morgan fingerprint density at radius 1 is 1.44 bits per heavy atom. The lowest BCUT2D eigenvalue weighted by molar-refractivity contribution is 1.21. The molecule has 0 amide bonds. The zero-order chi connectivity index (χ0) is 11.7. The monoisotopic (exact) mass is 298 g/mol. The molecule has 2 aromatic heterocycles. The van der Waals surface area contributed by atoms with E-state index in [0.717, 1.165) is 21.1 Å². The fraction of sp³-hybridized carbons (Fsp3) is 0.200. The Balaban J connectivity index is 2.27. The predicted octanol–water partition coefficient (Wildman–Crippen LogP) is 3.24. The Morgan fingerprint density at radius 3 is 2.75 bits per heavy atom. The lowest BCUT2D eigenvalue weighted by atomic mass is 10.4. The van der Waals surface area contributed by atoms with Gasteiger partial charge in [-0.2, -0.15) is 0 Å². The number of nitrogens with two attached hydrogens (primary N) is 1. The highest BCUT2D eigenvalue weighted by Crippen LogP contribution is 2.28. The fourth-order valence-corrected chi connectivity index (χ4v) is 2.45. The van der Waals surface area contributed by atoms with Gasteiger partial charge in [-0.05, 0) is 35.8 Å². The number of hydrogen-bond donors (Lipinski definition) is 2. The van der Waals surface area contributed by atoms with E-state index in [-0.39, 0.29) is 0 Å². The topological polar surface area (TPSA) is 63.8 Å². The van der Waals surface area contributed by atoms with E-state index >= 15 is 0 Å². The summed E-state index contributed by atoms with van der Waals surface area (Å²) in [5, 5.41) is 4.00. The van der Waals surface area contributed by atoms with Gasteiger partial charge in [0.05, 0.1) is 22.1 Å². The summed E-state index contributed by atoms with van der Waals surface area (Å²) in [7, 11) is 0. The molecule has 3 N–H and O–H groups in total. The van der Waals surface area contributed by atoms with Crippen molar-refractivity contribution in [3.05, 3.63) is 27.3 Å². The molecule has 0 atom stereocenters. The van der Waals surface area contributed by atoms with E-state index in [9.17, 15) is 0 Å². The number of nitrogen functional groups attached to an aromatic ring is 1. The minimum absolute atomic E-state index is 0.629. The number of aromatic nitrogens is 2. The Kier molecular flexibility index (Phi) is 3.11. The normalized spacial score (nSPS) is 10.4. The Hall–Kier alpha value is -1.14. The van der Waals surface area contributed by atoms with Gasteiger partial charge in [-0.15, -0.1) is 11.3 Å². The molecular formula is C10H11BrN4S. The van der Waals surface area contributed by atoms with Crippen molar-refractivity contribution in [1.29, 1.82) is 0 Å². The van der Waals surface area contributed by atoms with Gasteiger partial charge in [0.1, 0.15) is 5.82 Å². The zero-order valence-electron chi connectivity index (χ0n) is 8.91. The first-order chi connectivity index (χ1) is 7.56. The van der Waals surface area contributed by atoms with Crippen LogP contribution in [0, 0.1) is 13.8 Å². The molecule has 0 aliphatic carbocycles. The van der Waals surface area contributed by atoms with E-state index < -0.39 is 0 Å². The van der Waals surface area contributed by atoms with Crippen LogP contribution in [-0.2, 0) is 0 Å². The third-order valence-corrected chi connectivity index (χ3v) is 3.71. The number of rotatable bonds is 2. The van der Waals surface area contributed by atoms with Gasteiger partial charge in [-0.25, -0.2) is 9.97 Å². The van der Waals surface area contributed by atoms with Crippen LogP contribution in [0.15, 0.2) is 16.7 Å². The number of pyridine rings is 1. The van der Waals surface area contributed by atoms with Gasteiger partial charge >= 0.3 is 0 Å². The van der Waals surface area contributed by atoms with Crippen molar-refractivity contribution >= 4 is 43.9 Å². The largest absolute Gasteiger partial charge is 0.397 e. The van der Waals surface area contributed by atoms with Gasteiger partial charge in [0.25, 0.3) is 0 Å². The molecule has 0 spiro atoms. The van der Waals surface area contributed by atoms with Gasteiger partial charge in [-0.1, -0.05) is 0 Å². The van der Waals surface area contributed by atoms with Crippen LogP contribution in [0.25, 0.3) is 0 Å². The van der Waals surface area contributed by atoms with Crippen LogP contribution in [0.3, 0.4) is 0 Å². The summed E-state index contributed by atoms with van der Waals surface area (Å²) < 4.78 is 0.831. The molecule has 16 heavy (non-hydrogen) atoms. The average molecular weight is 299 g/mol. The lowest BCUT2D eigenvalue weighted by Crippen LogP contribution is -1.96. The van der Waals surface area contributed by atoms with Crippen LogP contribution in [0.5, 0.6) is 0 Å². The summed E-state index contributed by atoms with van der Waals surface area (Å²) >= 11 is 5.01. The third kappa shape index (κ3) is 2.33. The maximum atomic E-state index is 5.62. The Bertz CT molecular complexity index is 504. The standard InChI is InChI=1S/C10H11BrN4S/c1-5-6(2)16-10(14-5)15-9-8(11)3-7(12)4-13-9/h3-4H,12H2,1-2H3,(H,13,14,15). The van der Waals surface area contributed by atoms with E-state index in [1.165, 1.54) is 4.88 Å². The predicted molar refractivity (Wildman–Crippen MR) is 71.2 cm³/mol. The van der Waals surface area contributed by atoms with E-state index in [1.807, 2.05) is 19.9 Å². The first kappa shape index (κ1) is 11.3. The Morgan fingerprint density at radius 2 is 2.19 bits per heavy atom. The molecular weight excluding hydrogens is 288 g/mol. The van der Waals surface area contributed by atoms with Gasteiger partial charge in [0.2, 0.25) is 0 Å². The second-order valence-electron chi connectivity index (χ2n) is 3.38. The molecule has 0 radical (unpaired) electrons. The number of nitrogens with zero attached hydrogens (tertiary/aromatic N) is 2. The summed E-state index contributed by atoms with van der Waals surface area (Å²) in [6.07, 6.45) is 1.61. The number of thiazole rings is 1. The minimum atomic E-state index is 0.629. The molecule has 0 saturated carbocycles. The summed E-state index contributed by atoms with van der Waals surface area (Å²) in [6, 6.07) is 1.81. The highest BCUT2D eigenvalue weighted by molar-refractivity contribution is 9.10. The van der Waals surface area contributed by atoms with Crippen molar-refractivity contribution in [2.75, 3.05) is 11.1 Å². The smallest absolute Gasteiger partial charge is 0.188 e. The molecule has 2 aromatic rings. The zero-order valence-corrected chi connectivity index (χ0v) is 11.3. The minimum Gasteiger partial charge on any atom is -0.397 e. The highest BCUT2D eigenvalue weighted by atomic mass is 79.9. The second-order valence-corrected chi connectivity index (χ2v) is 5.44. The quantitative estimate of drug-likeness (QED) is 0.893. The van der Waals surface area contributed by atoms with Gasteiger partial charge < -0.3 is 11.1 Å². The van der Waals surface area contributed by atoms with Crippen molar-refractivity contribution in [2.45, 2.75) is 13.8 Å². The summed E-state index contributed by atoms with van der Waals surface area (Å²) in [5.74, 6) is 0.725. The number of hydrogen-bond acceptors (Lipinski definition) is 5. The lowest BCUT2D eigenvalue weighted by Gasteiger charge is -2.04. The first-order valence-corrected chi connectivity index (χ1v) is 6.29. The van der Waals surface area contributed by atoms with E-state index in [4.69, 9.17) is 5.73 Å². The molecule has 0 saturated heterocycles. The molecule has 0 aliphatic heterocycles. The summed E-state index contributed by atoms with van der Waals surface area (Å²) in [4.78, 5) is 9.78. The molecule has 84 valence electrons. The van der Waals surface area contributed by atoms with E-state index in [2.05, 4.69) is 31.2 Å². The first-order valence-electron chi connectivity index (χ1n) is 4.68. The van der Waals surface area contributed by atoms with Crippen LogP contribution < -0.4 is 11.1 Å². The summed E-state index contributed by atoms with van der Waals surface area (Å²) in [5.41, 5.74) is 7.29. The van der Waals surface area contributed by atoms with E-state index in [0.29, 0.717) is 5.69 Å². The number of halogens is 1. The molecule has 0 unspecified atom stereocenters. The second kappa shape index (κ2) is 4.39. The van der Waals surface area contributed by atoms with Crippen molar-refractivity contribution in [2.24, 2.45) is 0 Å². The highest BCUT2D eigenvalue weighted by Gasteiger charge is 2.07. The molecule has 6 heteroatoms. The molecule has 0 aliphatic rings. The molecule has 0 bridgehead atoms. The van der Waals surface area contributed by atoms with Gasteiger partial charge in [-0.3, -0.25) is 0 Å². The van der Waals surface area contributed by atoms with E-state index in [1.54, 1.807) is 17.5 Å². The number of nitrogens with one attached hydrogen (secondary N) is 1. The maximum absolute atomic E-state index is 5.62. The van der Waals surface area contributed by atoms with Crippen molar-refractivity contribution in [3.63, 3.8) is 0 Å². The van der Waals surface area contributed by atoms with Crippen LogP contribution in [0.1, 0.15) is 10.6 Å². The van der Waals surface area contributed by atoms with Gasteiger partial charge in [0.15, 0.2) is 5.13 Å². The molecule has 0 aromatic carbocycles. The fourth-order valence-electron chi connectivity index (χ4n) is 1.17. The molecule has 2 heterocycles. The van der Waals surface area contributed by atoms with Crippen LogP contribution in [0.2, 0.25) is 0 Å². The third-order valence-electron chi connectivity index (χ3n) is 2.12. The van der Waals surface area contributed by atoms with Gasteiger partial charge in [0, 0.05) is 4.88 Å². The number of aryl methyl sites for hydroxylation is 2. The van der Waals surface area contributed by atoms with Crippen molar-refractivity contribution in [3.8, 4) is 0 Å². The maximum Gasteiger partial charge on any atom is 0.188 e. The Labute approximate surface area is 106 Å². The molecule has 2 rings (SSSR count). The van der Waals surface area contributed by atoms with Crippen LogP contribution in [0.4, 0.5) is 16.6 Å². The van der Waals surface area contributed by atoms with Crippen molar-refractivity contribution < 1.29 is 0 Å². The summed E-state index contributed by atoms with van der Waals surface area (Å²) in [6.45, 7) is 4.03. The average Bonchev–Trinajstić information content (AvgIpc) is 2.51. The number of anilines is 3. The van der Waals surface area contributed by atoms with Crippen LogP contribution >= 0.6 is 27.3 Å². The van der Waals surface area contributed by atoms with Crippen molar-refractivity contribution in [1.82, 2.24) is 9.97 Å². The van der Waals surface area contributed by atoms with Crippen LogP contribution in [-0.4, -0.2) is 9.97 Å². The molecule has 4 nitrogen and oxygen atoms in total. The molecule has 0 fully saturated rings. The SMILES string of the molecule is Cc1nc(Nc2ncc(N)cc2Br)sc1C.